The molecule has 4 heteroatoms. The monoisotopic (exact) mass is 334 g/mol. The van der Waals surface area contributed by atoms with Crippen LogP contribution in [0.15, 0.2) is 0 Å². The summed E-state index contributed by atoms with van der Waals surface area (Å²) in [7, 11) is 0. The minimum Gasteiger partial charge on any atom is -0.375 e. The molecule has 0 amide bonds. The number of alkyl halides is 3. The summed E-state index contributed by atoms with van der Waals surface area (Å²) in [5.41, 5.74) is 0. The van der Waals surface area contributed by atoms with Crippen molar-refractivity contribution in [3.05, 3.63) is 0 Å². The molecule has 136 valence electrons. The summed E-state index contributed by atoms with van der Waals surface area (Å²) in [6, 6.07) is 0. The van der Waals surface area contributed by atoms with Gasteiger partial charge < -0.3 is 4.74 Å². The van der Waals surface area contributed by atoms with Crippen LogP contribution in [0.1, 0.15) is 71.6 Å². The van der Waals surface area contributed by atoms with Crippen molar-refractivity contribution < 1.29 is 17.9 Å². The molecule has 7 unspecified atom stereocenters. The first kappa shape index (κ1) is 19.1. The Morgan fingerprint density at radius 2 is 1.70 bits per heavy atom. The Morgan fingerprint density at radius 3 is 2.35 bits per heavy atom. The molecule has 23 heavy (non-hydrogen) atoms. The highest BCUT2D eigenvalue weighted by Gasteiger charge is 2.45. The average Bonchev–Trinajstić information content (AvgIpc) is 2.54. The van der Waals surface area contributed by atoms with Crippen LogP contribution in [0.3, 0.4) is 0 Å². The van der Waals surface area contributed by atoms with Crippen LogP contribution in [0.2, 0.25) is 0 Å². The Labute approximate surface area is 139 Å². The number of rotatable bonds is 7. The maximum absolute atomic E-state index is 14.6. The van der Waals surface area contributed by atoms with Crippen LogP contribution >= 0.6 is 0 Å². The molecule has 1 nitrogen and oxygen atoms in total. The highest BCUT2D eigenvalue weighted by Crippen LogP contribution is 2.44. The number of unbranched alkanes of at least 4 members (excludes halogenated alkanes) is 2. The molecule has 0 heterocycles. The van der Waals surface area contributed by atoms with Gasteiger partial charge in [-0.3, -0.25) is 0 Å². The van der Waals surface area contributed by atoms with Gasteiger partial charge in [-0.2, -0.15) is 0 Å². The van der Waals surface area contributed by atoms with E-state index in [0.717, 1.165) is 44.9 Å². The van der Waals surface area contributed by atoms with Gasteiger partial charge in [-0.05, 0) is 63.2 Å². The lowest BCUT2D eigenvalue weighted by Gasteiger charge is -2.42. The van der Waals surface area contributed by atoms with Gasteiger partial charge in [0.2, 0.25) is 0 Å². The summed E-state index contributed by atoms with van der Waals surface area (Å²) < 4.78 is 48.7. The van der Waals surface area contributed by atoms with Gasteiger partial charge in [0.1, 0.15) is 18.5 Å². The lowest BCUT2D eigenvalue weighted by molar-refractivity contribution is -0.0631. The molecular weight excluding hydrogens is 301 g/mol. The highest BCUT2D eigenvalue weighted by molar-refractivity contribution is 4.94. The maximum atomic E-state index is 14.6. The molecule has 2 aliphatic rings. The first-order chi connectivity index (χ1) is 11.1. The van der Waals surface area contributed by atoms with E-state index in [-0.39, 0.29) is 23.9 Å². The van der Waals surface area contributed by atoms with Gasteiger partial charge in [-0.25, -0.2) is 13.2 Å². The third-order valence-electron chi connectivity index (χ3n) is 5.95. The Kier molecular flexibility index (Phi) is 7.71. The van der Waals surface area contributed by atoms with Crippen molar-refractivity contribution in [2.45, 2.75) is 96.3 Å². The summed E-state index contributed by atoms with van der Waals surface area (Å²) in [4.78, 5) is 0. The zero-order chi connectivity index (χ0) is 16.8. The van der Waals surface area contributed by atoms with Gasteiger partial charge in [0.25, 0.3) is 0 Å². The van der Waals surface area contributed by atoms with Gasteiger partial charge >= 0.3 is 0 Å². The topological polar surface area (TPSA) is 9.23 Å². The number of hydrogen-bond acceptors (Lipinski definition) is 1. The largest absolute Gasteiger partial charge is 0.375 e. The van der Waals surface area contributed by atoms with Crippen molar-refractivity contribution in [1.82, 2.24) is 0 Å². The predicted octanol–water partition coefficient (Wildman–Crippen LogP) is 5.81. The molecule has 0 saturated heterocycles. The van der Waals surface area contributed by atoms with E-state index in [1.165, 1.54) is 0 Å². The van der Waals surface area contributed by atoms with Crippen LogP contribution < -0.4 is 0 Å². The highest BCUT2D eigenvalue weighted by atomic mass is 19.2. The predicted molar refractivity (Wildman–Crippen MR) is 87.8 cm³/mol. The first-order valence-corrected chi connectivity index (χ1v) is 9.62. The Balaban J connectivity index is 1.85. The zero-order valence-corrected chi connectivity index (χ0v) is 14.7. The van der Waals surface area contributed by atoms with Crippen molar-refractivity contribution in [1.29, 1.82) is 0 Å². The molecule has 0 aromatic carbocycles. The quantitative estimate of drug-likeness (QED) is 0.534. The summed E-state index contributed by atoms with van der Waals surface area (Å²) >= 11 is 0. The first-order valence-electron chi connectivity index (χ1n) is 9.62. The van der Waals surface area contributed by atoms with E-state index in [2.05, 4.69) is 6.92 Å². The maximum Gasteiger partial charge on any atom is 0.134 e. The van der Waals surface area contributed by atoms with E-state index in [4.69, 9.17) is 4.74 Å². The van der Waals surface area contributed by atoms with Gasteiger partial charge in [0, 0.05) is 6.61 Å². The van der Waals surface area contributed by atoms with Crippen LogP contribution in [0.4, 0.5) is 13.2 Å². The molecule has 2 saturated carbocycles. The minimum atomic E-state index is -1.41. The zero-order valence-electron chi connectivity index (χ0n) is 14.7. The fourth-order valence-corrected chi connectivity index (χ4v) is 4.59. The average molecular weight is 334 g/mol. The van der Waals surface area contributed by atoms with Crippen LogP contribution in [-0.2, 0) is 4.74 Å². The standard InChI is InChI=1S/C19H33F3O/c1-3-5-6-7-13-8-10-15(19(22)18(13)21)14-9-11-17(23-4-2)16(20)12-14/h13-19H,3-12H2,1-2H3. The Bertz CT molecular complexity index is 339. The smallest absolute Gasteiger partial charge is 0.134 e. The van der Waals surface area contributed by atoms with Crippen molar-refractivity contribution in [2.24, 2.45) is 17.8 Å². The second-order valence-electron chi connectivity index (χ2n) is 7.47. The number of ether oxygens (including phenoxy) is 1. The molecule has 0 spiro atoms. The van der Waals surface area contributed by atoms with Crippen LogP contribution in [-0.4, -0.2) is 31.2 Å². The van der Waals surface area contributed by atoms with Gasteiger partial charge in [-0.15, -0.1) is 0 Å². The van der Waals surface area contributed by atoms with E-state index in [1.54, 1.807) is 0 Å². The molecule has 0 radical (unpaired) electrons. The van der Waals surface area contributed by atoms with Crippen LogP contribution in [0, 0.1) is 17.8 Å². The summed E-state index contributed by atoms with van der Waals surface area (Å²) in [5.74, 6) is -0.450. The van der Waals surface area contributed by atoms with E-state index in [0.29, 0.717) is 19.4 Å². The van der Waals surface area contributed by atoms with Gasteiger partial charge in [-0.1, -0.05) is 26.2 Å². The summed E-state index contributed by atoms with van der Waals surface area (Å²) in [6.45, 7) is 4.49. The fourth-order valence-electron chi connectivity index (χ4n) is 4.59. The third-order valence-corrected chi connectivity index (χ3v) is 5.95. The summed E-state index contributed by atoms with van der Waals surface area (Å²) in [6.07, 6.45) is 3.07. The van der Waals surface area contributed by atoms with Crippen molar-refractivity contribution in [3.8, 4) is 0 Å². The van der Waals surface area contributed by atoms with Crippen molar-refractivity contribution >= 4 is 0 Å². The van der Waals surface area contributed by atoms with Crippen molar-refractivity contribution in [3.63, 3.8) is 0 Å². The fraction of sp³-hybridized carbons (Fsp3) is 1.00. The molecular formula is C19H33F3O. The Morgan fingerprint density at radius 1 is 0.913 bits per heavy atom. The number of hydrogen-bond donors (Lipinski definition) is 0. The molecule has 0 aromatic rings. The molecule has 0 aliphatic heterocycles. The molecule has 2 rings (SSSR count). The molecule has 7 atom stereocenters. The lowest BCUT2D eigenvalue weighted by Crippen LogP contribution is -2.44. The van der Waals surface area contributed by atoms with E-state index < -0.39 is 18.5 Å². The normalized spacial score (nSPS) is 41.9. The van der Waals surface area contributed by atoms with Crippen LogP contribution in [0.25, 0.3) is 0 Å². The molecule has 0 aromatic heterocycles. The van der Waals surface area contributed by atoms with Gasteiger partial charge in [0.15, 0.2) is 0 Å². The van der Waals surface area contributed by atoms with Crippen molar-refractivity contribution in [2.75, 3.05) is 6.61 Å². The van der Waals surface area contributed by atoms with E-state index in [9.17, 15) is 13.2 Å². The third kappa shape index (κ3) is 4.87. The molecule has 0 bridgehead atoms. The minimum absolute atomic E-state index is 0.0217. The van der Waals surface area contributed by atoms with E-state index in [1.807, 2.05) is 6.92 Å². The molecule has 2 fully saturated rings. The van der Waals surface area contributed by atoms with Crippen LogP contribution in [0.5, 0.6) is 0 Å². The molecule has 2 aliphatic carbocycles. The molecule has 0 N–H and O–H groups in total. The lowest BCUT2D eigenvalue weighted by atomic mass is 9.68. The Hall–Kier alpha value is -0.250. The van der Waals surface area contributed by atoms with Gasteiger partial charge in [0.05, 0.1) is 6.10 Å². The summed E-state index contributed by atoms with van der Waals surface area (Å²) in [5, 5.41) is 0. The SMILES string of the molecule is CCCCCC1CCC(C2CCC(OCC)C(F)C2)C(F)C1F. The van der Waals surface area contributed by atoms with E-state index >= 15 is 0 Å². The number of halogens is 3. The second kappa shape index (κ2) is 9.29. The second-order valence-corrected chi connectivity index (χ2v) is 7.47.